The molecule has 1 aliphatic heterocycles. The van der Waals surface area contributed by atoms with Crippen LogP contribution < -0.4 is 10.9 Å². The molecule has 0 unspecified atom stereocenters. The molecule has 0 aromatic carbocycles. The van der Waals surface area contributed by atoms with Crippen LogP contribution in [-0.2, 0) is 6.54 Å². The van der Waals surface area contributed by atoms with E-state index in [-0.39, 0.29) is 11.5 Å². The topological polar surface area (TPSA) is 67.2 Å². The Morgan fingerprint density at radius 3 is 2.71 bits per heavy atom. The normalized spacial score (nSPS) is 16.2. The summed E-state index contributed by atoms with van der Waals surface area (Å²) in [4.78, 5) is 26.4. The zero-order chi connectivity index (χ0) is 17.4. The van der Waals surface area contributed by atoms with Crippen molar-refractivity contribution in [3.63, 3.8) is 0 Å². The third kappa shape index (κ3) is 5.74. The fourth-order valence-electron chi connectivity index (χ4n) is 2.92. The minimum Gasteiger partial charge on any atom is -0.351 e. The van der Waals surface area contributed by atoms with Crippen molar-refractivity contribution in [3.05, 3.63) is 28.2 Å². The maximum absolute atomic E-state index is 12.2. The second-order valence-corrected chi connectivity index (χ2v) is 6.77. The van der Waals surface area contributed by atoms with E-state index in [9.17, 15) is 9.59 Å². The van der Waals surface area contributed by atoms with Crippen molar-refractivity contribution in [2.75, 3.05) is 26.2 Å². The van der Waals surface area contributed by atoms with Crippen LogP contribution in [0.15, 0.2) is 16.9 Å². The van der Waals surface area contributed by atoms with E-state index in [1.807, 2.05) is 0 Å². The Morgan fingerprint density at radius 1 is 1.25 bits per heavy atom. The standard InChI is InChI=1S/C18H30N4O2/c1-3-4-12-22-17(23)7-6-16(20-22)18(24)19-10-5-11-21-13-8-15(2)9-14-21/h6-7,15H,3-5,8-14H2,1-2H3,(H,19,24). The zero-order valence-electron chi connectivity index (χ0n) is 15.0. The molecule has 1 fully saturated rings. The van der Waals surface area contributed by atoms with Gasteiger partial charge >= 0.3 is 0 Å². The fraction of sp³-hybridized carbons (Fsp3) is 0.722. The van der Waals surface area contributed by atoms with E-state index in [1.165, 1.54) is 42.7 Å². The van der Waals surface area contributed by atoms with Crippen LogP contribution in [0.3, 0.4) is 0 Å². The number of hydrogen-bond acceptors (Lipinski definition) is 4. The second-order valence-electron chi connectivity index (χ2n) is 6.77. The van der Waals surface area contributed by atoms with Gasteiger partial charge in [-0.05, 0) is 57.3 Å². The predicted octanol–water partition coefficient (Wildman–Crippen LogP) is 1.90. The number of nitrogens with zero attached hydrogens (tertiary/aromatic N) is 3. The molecule has 0 radical (unpaired) electrons. The first-order valence-corrected chi connectivity index (χ1v) is 9.19. The SMILES string of the molecule is CCCCn1nc(C(=O)NCCCN2CCC(C)CC2)ccc1=O. The summed E-state index contributed by atoms with van der Waals surface area (Å²) < 4.78 is 1.38. The number of likely N-dealkylation sites (tertiary alicyclic amines) is 1. The van der Waals surface area contributed by atoms with Crippen LogP contribution in [-0.4, -0.2) is 46.8 Å². The van der Waals surface area contributed by atoms with Crippen molar-refractivity contribution >= 4 is 5.91 Å². The lowest BCUT2D eigenvalue weighted by Crippen LogP contribution is -2.36. The van der Waals surface area contributed by atoms with Gasteiger partial charge in [-0.2, -0.15) is 5.10 Å². The van der Waals surface area contributed by atoms with Gasteiger partial charge in [0.15, 0.2) is 0 Å². The number of rotatable bonds is 8. The molecular weight excluding hydrogens is 304 g/mol. The van der Waals surface area contributed by atoms with Gasteiger partial charge in [-0.15, -0.1) is 0 Å². The number of aryl methyl sites for hydroxylation is 1. The van der Waals surface area contributed by atoms with Gasteiger partial charge in [0.05, 0.1) is 0 Å². The van der Waals surface area contributed by atoms with Crippen molar-refractivity contribution < 1.29 is 4.79 Å². The van der Waals surface area contributed by atoms with Crippen molar-refractivity contribution in [3.8, 4) is 0 Å². The van der Waals surface area contributed by atoms with Crippen LogP contribution >= 0.6 is 0 Å². The maximum atomic E-state index is 12.2. The molecule has 6 nitrogen and oxygen atoms in total. The van der Waals surface area contributed by atoms with E-state index in [2.05, 4.69) is 29.2 Å². The first-order chi connectivity index (χ1) is 11.6. The Kier molecular flexibility index (Phi) is 7.43. The van der Waals surface area contributed by atoms with Gasteiger partial charge in [-0.1, -0.05) is 20.3 Å². The van der Waals surface area contributed by atoms with Gasteiger partial charge in [-0.25, -0.2) is 4.68 Å². The van der Waals surface area contributed by atoms with Crippen molar-refractivity contribution in [1.82, 2.24) is 20.0 Å². The molecular formula is C18H30N4O2. The molecule has 0 aliphatic carbocycles. The molecule has 2 heterocycles. The van der Waals surface area contributed by atoms with Crippen LogP contribution in [0.25, 0.3) is 0 Å². The van der Waals surface area contributed by atoms with Crippen molar-refractivity contribution in [2.24, 2.45) is 5.92 Å². The van der Waals surface area contributed by atoms with Crippen LogP contribution in [0.1, 0.15) is 56.4 Å². The Balaban J connectivity index is 1.75. The van der Waals surface area contributed by atoms with Crippen molar-refractivity contribution in [2.45, 2.75) is 52.5 Å². The molecule has 0 spiro atoms. The molecule has 1 aromatic rings. The maximum Gasteiger partial charge on any atom is 0.271 e. The summed E-state index contributed by atoms with van der Waals surface area (Å²) in [5, 5.41) is 7.07. The van der Waals surface area contributed by atoms with E-state index in [0.717, 1.165) is 31.7 Å². The van der Waals surface area contributed by atoms with Crippen LogP contribution in [0, 0.1) is 5.92 Å². The van der Waals surface area contributed by atoms with Gasteiger partial charge in [0.2, 0.25) is 0 Å². The summed E-state index contributed by atoms with van der Waals surface area (Å²) in [6.45, 7) is 8.92. The Morgan fingerprint density at radius 2 is 2.00 bits per heavy atom. The van der Waals surface area contributed by atoms with E-state index in [0.29, 0.717) is 18.8 Å². The highest BCUT2D eigenvalue weighted by Crippen LogP contribution is 2.15. The lowest BCUT2D eigenvalue weighted by atomic mass is 9.99. The van der Waals surface area contributed by atoms with E-state index < -0.39 is 0 Å². The number of aromatic nitrogens is 2. The first-order valence-electron chi connectivity index (χ1n) is 9.19. The molecule has 0 saturated carbocycles. The predicted molar refractivity (Wildman–Crippen MR) is 95.2 cm³/mol. The number of nitrogens with one attached hydrogen (secondary N) is 1. The van der Waals surface area contributed by atoms with Crippen LogP contribution in [0.4, 0.5) is 0 Å². The van der Waals surface area contributed by atoms with Crippen LogP contribution in [0.5, 0.6) is 0 Å². The van der Waals surface area contributed by atoms with Gasteiger partial charge in [-0.3, -0.25) is 9.59 Å². The monoisotopic (exact) mass is 334 g/mol. The Labute approximate surface area is 144 Å². The number of hydrogen-bond donors (Lipinski definition) is 1. The summed E-state index contributed by atoms with van der Waals surface area (Å²) in [6.07, 6.45) is 5.35. The lowest BCUT2D eigenvalue weighted by Gasteiger charge is -2.30. The summed E-state index contributed by atoms with van der Waals surface area (Å²) in [5.41, 5.74) is 0.164. The van der Waals surface area contributed by atoms with Gasteiger partial charge in [0.25, 0.3) is 11.5 Å². The van der Waals surface area contributed by atoms with E-state index in [1.54, 1.807) is 0 Å². The molecule has 1 saturated heterocycles. The van der Waals surface area contributed by atoms with Gasteiger partial charge in [0.1, 0.15) is 5.69 Å². The highest BCUT2D eigenvalue weighted by molar-refractivity contribution is 5.91. The summed E-state index contributed by atoms with van der Waals surface area (Å²) in [7, 11) is 0. The average Bonchev–Trinajstić information content (AvgIpc) is 2.59. The Bertz CT molecular complexity index is 577. The third-order valence-corrected chi connectivity index (χ3v) is 4.64. The average molecular weight is 334 g/mol. The Hall–Kier alpha value is -1.69. The number of carbonyl (C=O) groups is 1. The largest absolute Gasteiger partial charge is 0.351 e. The molecule has 1 aromatic heterocycles. The molecule has 1 N–H and O–H groups in total. The molecule has 6 heteroatoms. The number of amides is 1. The minimum absolute atomic E-state index is 0.153. The molecule has 0 atom stereocenters. The third-order valence-electron chi connectivity index (χ3n) is 4.64. The quantitative estimate of drug-likeness (QED) is 0.737. The zero-order valence-corrected chi connectivity index (χ0v) is 15.0. The summed E-state index contributed by atoms with van der Waals surface area (Å²) in [5.74, 6) is 0.642. The van der Waals surface area contributed by atoms with E-state index >= 15 is 0 Å². The molecule has 1 amide bonds. The smallest absolute Gasteiger partial charge is 0.271 e. The molecule has 0 bridgehead atoms. The van der Waals surface area contributed by atoms with Crippen molar-refractivity contribution in [1.29, 1.82) is 0 Å². The summed E-state index contributed by atoms with van der Waals surface area (Å²) >= 11 is 0. The fourth-order valence-corrected chi connectivity index (χ4v) is 2.92. The molecule has 1 aliphatic rings. The highest BCUT2D eigenvalue weighted by atomic mass is 16.2. The van der Waals surface area contributed by atoms with E-state index in [4.69, 9.17) is 0 Å². The second kappa shape index (κ2) is 9.57. The number of piperidine rings is 1. The molecule has 2 rings (SSSR count). The van der Waals surface area contributed by atoms with Crippen LogP contribution in [0.2, 0.25) is 0 Å². The minimum atomic E-state index is -0.201. The first kappa shape index (κ1) is 18.6. The lowest BCUT2D eigenvalue weighted by molar-refractivity contribution is 0.0943. The number of carbonyl (C=O) groups excluding carboxylic acids is 1. The van der Waals surface area contributed by atoms with Gasteiger partial charge in [0, 0.05) is 19.2 Å². The number of unbranched alkanes of at least 4 members (excludes halogenated alkanes) is 1. The molecule has 134 valence electrons. The highest BCUT2D eigenvalue weighted by Gasteiger charge is 2.15. The van der Waals surface area contributed by atoms with Gasteiger partial charge < -0.3 is 10.2 Å². The summed E-state index contributed by atoms with van der Waals surface area (Å²) in [6, 6.07) is 2.93. The molecule has 24 heavy (non-hydrogen) atoms.